The summed E-state index contributed by atoms with van der Waals surface area (Å²) in [7, 11) is 0. The van der Waals surface area contributed by atoms with E-state index in [0.29, 0.717) is 0 Å². The average Bonchev–Trinajstić information content (AvgIpc) is 2.23. The van der Waals surface area contributed by atoms with Crippen molar-refractivity contribution in [2.75, 3.05) is 6.61 Å². The molecule has 0 aromatic heterocycles. The topological polar surface area (TPSA) is 159 Å². The van der Waals surface area contributed by atoms with Gasteiger partial charge in [0, 0.05) is 0 Å². The Morgan fingerprint density at radius 2 is 1.44 bits per heavy atom. The number of aliphatic hydroxyl groups excluding tert-OH is 6. The molecule has 0 spiro atoms. The van der Waals surface area contributed by atoms with Gasteiger partial charge in [0.1, 0.15) is 24.4 Å². The SMILES string of the molecule is O=C(O)C(O)C(O)C(O)C(O)C(O)CO.[H-].[Na+]. The van der Waals surface area contributed by atoms with E-state index in [1.54, 1.807) is 0 Å². The molecule has 8 nitrogen and oxygen atoms in total. The van der Waals surface area contributed by atoms with Gasteiger partial charge < -0.3 is 37.2 Å². The van der Waals surface area contributed by atoms with Crippen LogP contribution in [0.15, 0.2) is 0 Å². The molecule has 0 aliphatic carbocycles. The van der Waals surface area contributed by atoms with Crippen molar-refractivity contribution in [3.63, 3.8) is 0 Å². The Morgan fingerprint density at radius 1 is 1.00 bits per heavy atom. The number of carbonyl (C=O) groups is 1. The summed E-state index contributed by atoms with van der Waals surface area (Å²) >= 11 is 0. The molecule has 0 saturated heterocycles. The van der Waals surface area contributed by atoms with Crippen LogP contribution in [0.3, 0.4) is 0 Å². The van der Waals surface area contributed by atoms with Crippen LogP contribution in [0.4, 0.5) is 0 Å². The van der Waals surface area contributed by atoms with E-state index in [-0.39, 0.29) is 31.0 Å². The molecular formula is C7H15NaO8. The second kappa shape index (κ2) is 8.34. The number of carboxylic acid groups (broad SMARTS) is 1. The van der Waals surface area contributed by atoms with Crippen molar-refractivity contribution < 1.29 is 71.5 Å². The second-order valence-electron chi connectivity index (χ2n) is 3.00. The molecule has 0 saturated carbocycles. The van der Waals surface area contributed by atoms with Crippen LogP contribution in [0.1, 0.15) is 1.43 Å². The van der Waals surface area contributed by atoms with Crippen molar-refractivity contribution in [2.24, 2.45) is 0 Å². The van der Waals surface area contributed by atoms with Gasteiger partial charge in [-0.2, -0.15) is 0 Å². The minimum absolute atomic E-state index is 0. The summed E-state index contributed by atoms with van der Waals surface area (Å²) < 4.78 is 0. The molecule has 0 aromatic rings. The fourth-order valence-electron chi connectivity index (χ4n) is 0.870. The summed E-state index contributed by atoms with van der Waals surface area (Å²) in [6.07, 6.45) is -10.2. The van der Waals surface area contributed by atoms with Crippen molar-refractivity contribution >= 4 is 5.97 Å². The van der Waals surface area contributed by atoms with Gasteiger partial charge in [0.05, 0.1) is 6.61 Å². The Morgan fingerprint density at radius 3 is 1.75 bits per heavy atom. The summed E-state index contributed by atoms with van der Waals surface area (Å²) in [5, 5.41) is 61.5. The molecule has 9 heteroatoms. The first kappa shape index (κ1) is 18.6. The van der Waals surface area contributed by atoms with E-state index in [2.05, 4.69) is 0 Å². The van der Waals surface area contributed by atoms with Gasteiger partial charge in [-0.3, -0.25) is 0 Å². The van der Waals surface area contributed by atoms with E-state index < -0.39 is 43.1 Å². The van der Waals surface area contributed by atoms with Crippen LogP contribution < -0.4 is 29.6 Å². The predicted octanol–water partition coefficient (Wildman–Crippen LogP) is -7.02. The minimum Gasteiger partial charge on any atom is -1.00 e. The van der Waals surface area contributed by atoms with Crippen LogP contribution in [0.2, 0.25) is 0 Å². The van der Waals surface area contributed by atoms with Crippen LogP contribution in [0.5, 0.6) is 0 Å². The van der Waals surface area contributed by atoms with Gasteiger partial charge >= 0.3 is 35.5 Å². The van der Waals surface area contributed by atoms with Gasteiger partial charge in [0.2, 0.25) is 0 Å². The van der Waals surface area contributed by atoms with Gasteiger partial charge in [-0.05, 0) is 0 Å². The van der Waals surface area contributed by atoms with Gasteiger partial charge in [0.15, 0.2) is 6.10 Å². The maximum absolute atomic E-state index is 10.2. The molecule has 16 heavy (non-hydrogen) atoms. The van der Waals surface area contributed by atoms with Crippen LogP contribution in [-0.2, 0) is 4.79 Å². The van der Waals surface area contributed by atoms with Crippen molar-refractivity contribution in [3.8, 4) is 0 Å². The smallest absolute Gasteiger partial charge is 1.00 e. The monoisotopic (exact) mass is 250 g/mol. The zero-order valence-electron chi connectivity index (χ0n) is 9.63. The Balaban J connectivity index is -0.000000980. The van der Waals surface area contributed by atoms with Crippen LogP contribution >= 0.6 is 0 Å². The summed E-state index contributed by atoms with van der Waals surface area (Å²) in [6.45, 7) is -0.881. The first-order valence-corrected chi connectivity index (χ1v) is 4.07. The first-order valence-electron chi connectivity index (χ1n) is 4.07. The Labute approximate surface area is 115 Å². The van der Waals surface area contributed by atoms with E-state index in [1.165, 1.54) is 0 Å². The fraction of sp³-hybridized carbons (Fsp3) is 0.857. The molecule has 5 unspecified atom stereocenters. The molecule has 5 atom stereocenters. The average molecular weight is 250 g/mol. The van der Waals surface area contributed by atoms with Gasteiger partial charge in [0.25, 0.3) is 0 Å². The summed E-state index contributed by atoms with van der Waals surface area (Å²) in [5.74, 6) is -1.78. The molecule has 0 aliphatic rings. The summed E-state index contributed by atoms with van der Waals surface area (Å²) in [5.41, 5.74) is 0. The van der Waals surface area contributed by atoms with Crippen LogP contribution in [0.25, 0.3) is 0 Å². The third-order valence-corrected chi connectivity index (χ3v) is 1.86. The largest absolute Gasteiger partial charge is 1.00 e. The molecule has 0 rings (SSSR count). The van der Waals surface area contributed by atoms with E-state index in [0.717, 1.165) is 0 Å². The fourth-order valence-corrected chi connectivity index (χ4v) is 0.870. The molecule has 0 bridgehead atoms. The maximum Gasteiger partial charge on any atom is 1.00 e. The van der Waals surface area contributed by atoms with Crippen molar-refractivity contribution in [2.45, 2.75) is 30.5 Å². The van der Waals surface area contributed by atoms with Gasteiger partial charge in [-0.1, -0.05) is 0 Å². The van der Waals surface area contributed by atoms with Crippen molar-refractivity contribution in [1.29, 1.82) is 0 Å². The van der Waals surface area contributed by atoms with Gasteiger partial charge in [-0.15, -0.1) is 0 Å². The van der Waals surface area contributed by atoms with Crippen molar-refractivity contribution in [3.05, 3.63) is 0 Å². The molecule has 0 radical (unpaired) electrons. The Bertz CT molecular complexity index is 218. The quantitative estimate of drug-likeness (QED) is 0.229. The third kappa shape index (κ3) is 5.04. The third-order valence-electron chi connectivity index (χ3n) is 1.86. The van der Waals surface area contributed by atoms with E-state index in [9.17, 15) is 4.79 Å². The standard InChI is InChI=1S/C7H14O8.Na.H/c8-1-2(9)3(10)4(11)5(12)6(13)7(14)15;;/h2-6,8-13H,1H2,(H,14,15);;/q;+1;-1. The van der Waals surface area contributed by atoms with E-state index in [1.807, 2.05) is 0 Å². The second-order valence-corrected chi connectivity index (χ2v) is 3.00. The Kier molecular flexibility index (Phi) is 9.69. The molecule has 92 valence electrons. The number of hydrogen-bond acceptors (Lipinski definition) is 7. The summed E-state index contributed by atoms with van der Waals surface area (Å²) in [4.78, 5) is 10.2. The number of rotatable bonds is 6. The maximum atomic E-state index is 10.2. The number of carboxylic acids is 1. The number of hydrogen-bond donors (Lipinski definition) is 7. The normalized spacial score (nSPS) is 20.1. The minimum atomic E-state index is -2.29. The zero-order valence-corrected chi connectivity index (χ0v) is 10.6. The zero-order chi connectivity index (χ0) is 12.2. The molecule has 0 aliphatic heterocycles. The van der Waals surface area contributed by atoms with Crippen LogP contribution in [0, 0.1) is 0 Å². The number of aliphatic hydroxyl groups is 6. The van der Waals surface area contributed by atoms with Crippen molar-refractivity contribution in [1.82, 2.24) is 0 Å². The first-order chi connectivity index (χ1) is 6.82. The molecule has 0 aromatic carbocycles. The number of aliphatic carboxylic acids is 1. The molecule has 0 amide bonds. The van der Waals surface area contributed by atoms with Crippen LogP contribution in [-0.4, -0.2) is 78.8 Å². The predicted molar refractivity (Wildman–Crippen MR) is 45.9 cm³/mol. The molecule has 0 fully saturated rings. The molecular weight excluding hydrogens is 235 g/mol. The summed E-state index contributed by atoms with van der Waals surface area (Å²) in [6, 6.07) is 0. The van der Waals surface area contributed by atoms with E-state index in [4.69, 9.17) is 35.7 Å². The molecule has 0 heterocycles. The Hall–Kier alpha value is 0.230. The molecule has 7 N–H and O–H groups in total. The van der Waals surface area contributed by atoms with E-state index >= 15 is 0 Å². The van der Waals surface area contributed by atoms with Gasteiger partial charge in [-0.25, -0.2) is 4.79 Å².